The van der Waals surface area contributed by atoms with Crippen molar-refractivity contribution < 1.29 is 17.2 Å². The normalized spacial score (nSPS) is 24.8. The lowest BCUT2D eigenvalue weighted by Gasteiger charge is -2.24. The topological polar surface area (TPSA) is 37.4 Å². The molecule has 2 rings (SSSR count). The van der Waals surface area contributed by atoms with Crippen molar-refractivity contribution in [2.24, 2.45) is 5.92 Å². The number of benzene rings is 1. The molecule has 1 aliphatic heterocycles. The van der Waals surface area contributed by atoms with Gasteiger partial charge in [-0.15, -0.1) is 11.6 Å². The van der Waals surface area contributed by atoms with Crippen LogP contribution in [-0.2, 0) is 10.0 Å². The molecular weight excluding hydrogens is 296 g/mol. The molecule has 0 aromatic heterocycles. The van der Waals surface area contributed by atoms with Gasteiger partial charge in [-0.25, -0.2) is 17.2 Å². The number of sulfonamides is 1. The standard InChI is InChI=1S/C12H14ClF2NO2S/c1-8-4-5-16(11(8)7-13)19(17,18)12-3-2-9(14)6-10(12)15/h2-3,6,8,11H,4-5,7H2,1H3. The van der Waals surface area contributed by atoms with E-state index in [-0.39, 0.29) is 17.8 Å². The molecule has 1 aromatic rings. The average Bonchev–Trinajstić information content (AvgIpc) is 2.70. The second-order valence-corrected chi connectivity index (χ2v) is 6.85. The molecule has 19 heavy (non-hydrogen) atoms. The van der Waals surface area contributed by atoms with E-state index in [0.29, 0.717) is 19.0 Å². The number of alkyl halides is 1. The van der Waals surface area contributed by atoms with Gasteiger partial charge in [0.1, 0.15) is 16.5 Å². The maximum absolute atomic E-state index is 13.6. The van der Waals surface area contributed by atoms with Crippen molar-refractivity contribution in [2.45, 2.75) is 24.3 Å². The smallest absolute Gasteiger partial charge is 0.207 e. The second-order valence-electron chi connectivity index (χ2n) is 4.68. The zero-order chi connectivity index (χ0) is 14.2. The molecule has 0 N–H and O–H groups in total. The lowest BCUT2D eigenvalue weighted by Crippen LogP contribution is -2.39. The molecule has 0 amide bonds. The Bertz CT molecular complexity index is 579. The first kappa shape index (κ1) is 14.7. The Morgan fingerprint density at radius 1 is 1.42 bits per heavy atom. The van der Waals surface area contributed by atoms with E-state index in [2.05, 4.69) is 0 Å². The second kappa shape index (κ2) is 5.34. The predicted octanol–water partition coefficient (Wildman–Crippen LogP) is 2.60. The number of halogens is 3. The van der Waals surface area contributed by atoms with Gasteiger partial charge in [-0.3, -0.25) is 0 Å². The van der Waals surface area contributed by atoms with E-state index in [9.17, 15) is 17.2 Å². The summed E-state index contributed by atoms with van der Waals surface area (Å²) < 4.78 is 52.5. The van der Waals surface area contributed by atoms with Crippen molar-refractivity contribution in [2.75, 3.05) is 12.4 Å². The van der Waals surface area contributed by atoms with Crippen LogP contribution >= 0.6 is 11.6 Å². The predicted molar refractivity (Wildman–Crippen MR) is 68.5 cm³/mol. The van der Waals surface area contributed by atoms with E-state index in [1.54, 1.807) is 0 Å². The van der Waals surface area contributed by atoms with Crippen LogP contribution < -0.4 is 0 Å². The van der Waals surface area contributed by atoms with Crippen LogP contribution in [0.2, 0.25) is 0 Å². The summed E-state index contributed by atoms with van der Waals surface area (Å²) >= 11 is 5.80. The van der Waals surface area contributed by atoms with Gasteiger partial charge in [0.15, 0.2) is 0 Å². The number of hydrogen-bond acceptors (Lipinski definition) is 2. The molecule has 1 aromatic carbocycles. The first-order valence-corrected chi connectivity index (χ1v) is 7.88. The maximum Gasteiger partial charge on any atom is 0.246 e. The van der Waals surface area contributed by atoms with Gasteiger partial charge in [-0.2, -0.15) is 4.31 Å². The van der Waals surface area contributed by atoms with Gasteiger partial charge >= 0.3 is 0 Å². The van der Waals surface area contributed by atoms with Gasteiger partial charge < -0.3 is 0 Å². The lowest BCUT2D eigenvalue weighted by atomic mass is 10.1. The third-order valence-electron chi connectivity index (χ3n) is 3.47. The molecule has 106 valence electrons. The summed E-state index contributed by atoms with van der Waals surface area (Å²) in [7, 11) is -3.97. The summed E-state index contributed by atoms with van der Waals surface area (Å²) in [5.74, 6) is -1.60. The minimum absolute atomic E-state index is 0.121. The van der Waals surface area contributed by atoms with Crippen LogP contribution in [0.15, 0.2) is 23.1 Å². The fraction of sp³-hybridized carbons (Fsp3) is 0.500. The van der Waals surface area contributed by atoms with Crippen LogP contribution in [0.1, 0.15) is 13.3 Å². The zero-order valence-corrected chi connectivity index (χ0v) is 11.9. The van der Waals surface area contributed by atoms with Crippen LogP contribution in [0, 0.1) is 17.6 Å². The van der Waals surface area contributed by atoms with Crippen LogP contribution in [0.25, 0.3) is 0 Å². The van der Waals surface area contributed by atoms with Gasteiger partial charge in [-0.05, 0) is 24.5 Å². The van der Waals surface area contributed by atoms with E-state index in [0.717, 1.165) is 12.1 Å². The highest BCUT2D eigenvalue weighted by molar-refractivity contribution is 7.89. The molecule has 0 saturated carbocycles. The van der Waals surface area contributed by atoms with Crippen molar-refractivity contribution in [1.82, 2.24) is 4.31 Å². The van der Waals surface area contributed by atoms with Crippen molar-refractivity contribution >= 4 is 21.6 Å². The summed E-state index contributed by atoms with van der Waals surface area (Å²) in [5, 5.41) is 0. The van der Waals surface area contributed by atoms with Crippen molar-refractivity contribution in [3.63, 3.8) is 0 Å². The van der Waals surface area contributed by atoms with E-state index in [1.165, 1.54) is 4.31 Å². The van der Waals surface area contributed by atoms with E-state index in [4.69, 9.17) is 11.6 Å². The third-order valence-corrected chi connectivity index (χ3v) is 5.74. The van der Waals surface area contributed by atoms with Crippen LogP contribution in [0.4, 0.5) is 8.78 Å². The average molecular weight is 310 g/mol. The summed E-state index contributed by atoms with van der Waals surface area (Å²) in [6.07, 6.45) is 0.680. The Morgan fingerprint density at radius 3 is 2.68 bits per heavy atom. The van der Waals surface area contributed by atoms with Crippen LogP contribution in [0.3, 0.4) is 0 Å². The molecule has 0 radical (unpaired) electrons. The lowest BCUT2D eigenvalue weighted by molar-refractivity contribution is 0.373. The summed E-state index contributed by atoms with van der Waals surface area (Å²) in [6, 6.07) is 2.11. The molecule has 3 nitrogen and oxygen atoms in total. The van der Waals surface area contributed by atoms with Gasteiger partial charge in [0, 0.05) is 24.5 Å². The van der Waals surface area contributed by atoms with Crippen molar-refractivity contribution in [3.05, 3.63) is 29.8 Å². The molecule has 1 aliphatic rings. The van der Waals surface area contributed by atoms with Crippen LogP contribution in [0.5, 0.6) is 0 Å². The van der Waals surface area contributed by atoms with Crippen molar-refractivity contribution in [1.29, 1.82) is 0 Å². The quantitative estimate of drug-likeness (QED) is 0.805. The molecule has 0 aliphatic carbocycles. The highest BCUT2D eigenvalue weighted by Crippen LogP contribution is 2.31. The molecule has 1 heterocycles. The molecule has 0 bridgehead atoms. The number of hydrogen-bond donors (Lipinski definition) is 0. The molecule has 2 atom stereocenters. The Morgan fingerprint density at radius 2 is 2.11 bits per heavy atom. The fourth-order valence-electron chi connectivity index (χ4n) is 2.31. The molecule has 7 heteroatoms. The molecular formula is C12H14ClF2NO2S. The zero-order valence-electron chi connectivity index (χ0n) is 10.3. The minimum Gasteiger partial charge on any atom is -0.207 e. The highest BCUT2D eigenvalue weighted by Gasteiger charge is 2.40. The van der Waals surface area contributed by atoms with E-state index >= 15 is 0 Å². The van der Waals surface area contributed by atoms with Crippen molar-refractivity contribution in [3.8, 4) is 0 Å². The summed E-state index contributed by atoms with van der Waals surface area (Å²) in [6.45, 7) is 2.21. The Hall–Kier alpha value is -0.720. The molecule has 0 spiro atoms. The summed E-state index contributed by atoms with van der Waals surface area (Å²) in [4.78, 5) is -0.502. The van der Waals surface area contributed by atoms with Gasteiger partial charge in [0.2, 0.25) is 10.0 Å². The number of nitrogens with zero attached hydrogens (tertiary/aromatic N) is 1. The Labute approximate surface area is 116 Å². The van der Waals surface area contributed by atoms with Crippen LogP contribution in [-0.4, -0.2) is 31.2 Å². The van der Waals surface area contributed by atoms with Gasteiger partial charge in [0.25, 0.3) is 0 Å². The molecule has 1 fully saturated rings. The first-order chi connectivity index (χ1) is 8.87. The Kier molecular flexibility index (Phi) is 4.13. The van der Waals surface area contributed by atoms with E-state index in [1.807, 2.05) is 6.92 Å². The van der Waals surface area contributed by atoms with E-state index < -0.39 is 26.6 Å². The first-order valence-electron chi connectivity index (χ1n) is 5.90. The highest BCUT2D eigenvalue weighted by atomic mass is 35.5. The largest absolute Gasteiger partial charge is 0.246 e. The Balaban J connectivity index is 2.42. The van der Waals surface area contributed by atoms with Gasteiger partial charge in [-0.1, -0.05) is 6.92 Å². The monoisotopic (exact) mass is 309 g/mol. The molecule has 2 unspecified atom stereocenters. The van der Waals surface area contributed by atoms with Gasteiger partial charge in [0.05, 0.1) is 0 Å². The number of rotatable bonds is 3. The minimum atomic E-state index is -3.97. The molecule has 1 saturated heterocycles. The fourth-order valence-corrected chi connectivity index (χ4v) is 4.65. The third kappa shape index (κ3) is 2.61. The SMILES string of the molecule is CC1CCN(S(=O)(=O)c2ccc(F)cc2F)C1CCl. The summed E-state index contributed by atoms with van der Waals surface area (Å²) in [5.41, 5.74) is 0. The maximum atomic E-state index is 13.6.